The average molecular weight is 404 g/mol. The highest BCUT2D eigenvalue weighted by molar-refractivity contribution is 5.54. The van der Waals surface area contributed by atoms with Crippen molar-refractivity contribution in [1.82, 2.24) is 0 Å². The highest BCUT2D eigenvalue weighted by atomic mass is 19.2. The lowest BCUT2D eigenvalue weighted by atomic mass is 9.82. The first kappa shape index (κ1) is 21.1. The minimum atomic E-state index is -1.10. The number of halogens is 5. The minimum absolute atomic E-state index is 0.0267. The predicted octanol–water partition coefficient (Wildman–Crippen LogP) is 7.06. The zero-order chi connectivity index (χ0) is 21.0. The van der Waals surface area contributed by atoms with Crippen LogP contribution < -0.4 is 0 Å². The van der Waals surface area contributed by atoms with Crippen molar-refractivity contribution in [3.05, 3.63) is 75.9 Å². The number of hydrogen-bond acceptors (Lipinski definition) is 0. The van der Waals surface area contributed by atoms with Crippen LogP contribution in [0, 0.1) is 35.1 Å². The summed E-state index contributed by atoms with van der Waals surface area (Å²) in [5.41, 5.74) is -0.105. The Hall–Kier alpha value is -2.61. The molecule has 1 fully saturated rings. The molecule has 0 unspecified atom stereocenters. The molecule has 0 N–H and O–H groups in total. The topological polar surface area (TPSA) is 0 Å². The molecule has 0 aromatic heterocycles. The lowest BCUT2D eigenvalue weighted by Gasteiger charge is -2.25. The maximum absolute atomic E-state index is 14.5. The van der Waals surface area contributed by atoms with Gasteiger partial charge < -0.3 is 0 Å². The Balaban J connectivity index is 1.86. The van der Waals surface area contributed by atoms with Gasteiger partial charge in [-0.25, -0.2) is 22.0 Å². The normalized spacial score (nSPS) is 19.2. The predicted molar refractivity (Wildman–Crippen MR) is 104 cm³/mol. The molecule has 2 aromatic rings. The van der Waals surface area contributed by atoms with Crippen molar-refractivity contribution in [2.45, 2.75) is 51.1 Å². The van der Waals surface area contributed by atoms with Crippen molar-refractivity contribution in [2.24, 2.45) is 0 Å². The molecule has 0 radical (unpaired) electrons. The summed E-state index contributed by atoms with van der Waals surface area (Å²) in [5, 5.41) is 0. The van der Waals surface area contributed by atoms with E-state index in [-0.39, 0.29) is 28.2 Å². The number of benzene rings is 2. The maximum atomic E-state index is 14.5. The van der Waals surface area contributed by atoms with Gasteiger partial charge in [0.25, 0.3) is 0 Å². The van der Waals surface area contributed by atoms with Crippen LogP contribution in [0.5, 0.6) is 0 Å². The molecule has 1 saturated carbocycles. The molecule has 0 amide bonds. The van der Waals surface area contributed by atoms with Gasteiger partial charge in [-0.05, 0) is 61.8 Å². The third-order valence-electron chi connectivity index (χ3n) is 5.15. The van der Waals surface area contributed by atoms with Crippen molar-refractivity contribution in [3.63, 3.8) is 0 Å². The molecule has 0 bridgehead atoms. The van der Waals surface area contributed by atoms with Gasteiger partial charge in [0.05, 0.1) is 5.56 Å². The molecule has 29 heavy (non-hydrogen) atoms. The smallest absolute Gasteiger partial charge is 0.174 e. The van der Waals surface area contributed by atoms with Crippen LogP contribution in [-0.4, -0.2) is 6.17 Å². The fraction of sp³-hybridized carbons (Fsp3) is 0.333. The molecule has 1 aliphatic carbocycles. The molecule has 1 aliphatic rings. The van der Waals surface area contributed by atoms with Gasteiger partial charge in [0.1, 0.15) is 17.8 Å². The number of alkyl halides is 1. The second kappa shape index (κ2) is 9.26. The van der Waals surface area contributed by atoms with E-state index in [2.05, 4.69) is 11.8 Å². The molecular weight excluding hydrogens is 383 g/mol. The van der Waals surface area contributed by atoms with Crippen LogP contribution in [0.4, 0.5) is 22.0 Å². The van der Waals surface area contributed by atoms with Crippen LogP contribution in [0.3, 0.4) is 0 Å². The summed E-state index contributed by atoms with van der Waals surface area (Å²) in [4.78, 5) is 0. The summed E-state index contributed by atoms with van der Waals surface area (Å²) < 4.78 is 70.4. The fourth-order valence-electron chi connectivity index (χ4n) is 3.53. The standard InChI is InChI=1S/C24H21F5/c1-2-3-4-20-21(26)13-15(14-22(20)27)5-6-17-9-12-19(24(29)23(17)28)16-7-10-18(25)11-8-16/h3-4,9,12-14,16,18H,2,7-8,10-11H2,1H3/b4-3+. The first-order valence-electron chi connectivity index (χ1n) is 9.70. The van der Waals surface area contributed by atoms with E-state index in [4.69, 9.17) is 0 Å². The first-order valence-corrected chi connectivity index (χ1v) is 9.70. The van der Waals surface area contributed by atoms with E-state index in [1.54, 1.807) is 6.08 Å². The minimum Gasteiger partial charge on any atom is -0.247 e. The Bertz CT molecular complexity index is 950. The molecule has 0 saturated heterocycles. The first-order chi connectivity index (χ1) is 13.9. The molecule has 5 heteroatoms. The second-order valence-corrected chi connectivity index (χ2v) is 7.19. The van der Waals surface area contributed by atoms with Crippen LogP contribution in [0.25, 0.3) is 6.08 Å². The summed E-state index contributed by atoms with van der Waals surface area (Å²) in [6.07, 6.45) is 4.37. The summed E-state index contributed by atoms with van der Waals surface area (Å²) >= 11 is 0. The van der Waals surface area contributed by atoms with Gasteiger partial charge in [-0.15, -0.1) is 0 Å². The number of rotatable bonds is 3. The summed E-state index contributed by atoms with van der Waals surface area (Å²) in [7, 11) is 0. The van der Waals surface area contributed by atoms with Crippen molar-refractivity contribution in [1.29, 1.82) is 0 Å². The van der Waals surface area contributed by atoms with Gasteiger partial charge in [-0.3, -0.25) is 0 Å². The third-order valence-corrected chi connectivity index (χ3v) is 5.15. The van der Waals surface area contributed by atoms with E-state index in [0.29, 0.717) is 32.1 Å². The van der Waals surface area contributed by atoms with Gasteiger partial charge in [0, 0.05) is 11.1 Å². The van der Waals surface area contributed by atoms with E-state index in [1.165, 1.54) is 18.2 Å². The molecule has 2 aromatic carbocycles. The van der Waals surface area contributed by atoms with Gasteiger partial charge in [0.15, 0.2) is 11.6 Å². The van der Waals surface area contributed by atoms with Gasteiger partial charge in [-0.2, -0.15) is 0 Å². The third kappa shape index (κ3) is 4.87. The van der Waals surface area contributed by atoms with Gasteiger partial charge >= 0.3 is 0 Å². The van der Waals surface area contributed by atoms with Crippen LogP contribution in [0.1, 0.15) is 67.2 Å². The van der Waals surface area contributed by atoms with Crippen LogP contribution in [-0.2, 0) is 0 Å². The maximum Gasteiger partial charge on any atom is 0.174 e. The van der Waals surface area contributed by atoms with E-state index >= 15 is 0 Å². The molecule has 0 nitrogen and oxygen atoms in total. The zero-order valence-corrected chi connectivity index (χ0v) is 16.0. The number of allylic oxidation sites excluding steroid dienone is 1. The summed E-state index contributed by atoms with van der Waals surface area (Å²) in [6.45, 7) is 1.84. The van der Waals surface area contributed by atoms with Crippen molar-refractivity contribution in [3.8, 4) is 11.8 Å². The number of hydrogen-bond donors (Lipinski definition) is 0. The van der Waals surface area contributed by atoms with Crippen molar-refractivity contribution < 1.29 is 22.0 Å². The highest BCUT2D eigenvalue weighted by Crippen LogP contribution is 2.36. The Kier molecular flexibility index (Phi) is 6.74. The van der Waals surface area contributed by atoms with Crippen molar-refractivity contribution >= 4 is 6.08 Å². The van der Waals surface area contributed by atoms with E-state index in [0.717, 1.165) is 12.1 Å². The molecule has 3 rings (SSSR count). The Morgan fingerprint density at radius 3 is 2.21 bits per heavy atom. The second-order valence-electron chi connectivity index (χ2n) is 7.19. The van der Waals surface area contributed by atoms with Crippen LogP contribution in [0.2, 0.25) is 0 Å². The monoisotopic (exact) mass is 404 g/mol. The molecule has 0 heterocycles. The Labute approximate surface area is 167 Å². The molecule has 0 spiro atoms. The summed E-state index contributed by atoms with van der Waals surface area (Å²) in [5.74, 6) is 1.09. The van der Waals surface area contributed by atoms with Crippen LogP contribution in [0.15, 0.2) is 30.3 Å². The quantitative estimate of drug-likeness (QED) is 0.379. The lowest BCUT2D eigenvalue weighted by Crippen LogP contribution is -2.15. The largest absolute Gasteiger partial charge is 0.247 e. The molecular formula is C24H21F5. The Morgan fingerprint density at radius 2 is 1.59 bits per heavy atom. The fourth-order valence-corrected chi connectivity index (χ4v) is 3.53. The van der Waals surface area contributed by atoms with E-state index in [1.807, 2.05) is 6.92 Å². The van der Waals surface area contributed by atoms with Crippen LogP contribution >= 0.6 is 0 Å². The SMILES string of the molecule is CC/C=C/c1c(F)cc(C#Cc2ccc(C3CCC(F)CC3)c(F)c2F)cc1F. The van der Waals surface area contributed by atoms with Crippen molar-refractivity contribution in [2.75, 3.05) is 0 Å². The summed E-state index contributed by atoms with van der Waals surface area (Å²) in [6, 6.07) is 4.94. The highest BCUT2D eigenvalue weighted by Gasteiger charge is 2.25. The van der Waals surface area contributed by atoms with Gasteiger partial charge in [0.2, 0.25) is 0 Å². The molecule has 0 atom stereocenters. The van der Waals surface area contributed by atoms with E-state index < -0.39 is 29.4 Å². The lowest BCUT2D eigenvalue weighted by molar-refractivity contribution is 0.233. The molecule has 152 valence electrons. The van der Waals surface area contributed by atoms with Gasteiger partial charge in [-0.1, -0.05) is 37.0 Å². The van der Waals surface area contributed by atoms with E-state index in [9.17, 15) is 22.0 Å². The zero-order valence-electron chi connectivity index (χ0n) is 16.0. The Morgan fingerprint density at radius 1 is 0.931 bits per heavy atom. The molecule has 0 aliphatic heterocycles. The average Bonchev–Trinajstić information content (AvgIpc) is 2.69.